The molecule has 0 aliphatic carbocycles. The number of sulfonamides is 1. The van der Waals surface area contributed by atoms with Crippen molar-refractivity contribution in [1.29, 1.82) is 0 Å². The number of thioether (sulfide) groups is 1. The molecule has 0 aromatic heterocycles. The van der Waals surface area contributed by atoms with E-state index in [-0.39, 0.29) is 5.02 Å². The molecule has 0 spiro atoms. The van der Waals surface area contributed by atoms with E-state index in [1.807, 2.05) is 0 Å². The summed E-state index contributed by atoms with van der Waals surface area (Å²) in [5.74, 6) is -0.669. The molecule has 1 aliphatic heterocycles. The number of rotatable bonds is 3. The largest absolute Gasteiger partial charge is 0.244 e. The third kappa shape index (κ3) is 3.52. The van der Waals surface area contributed by atoms with E-state index in [0.717, 1.165) is 17.0 Å². The van der Waals surface area contributed by atoms with Gasteiger partial charge in [-0.05, 0) is 54.1 Å². The first-order valence-corrected chi connectivity index (χ1v) is 9.61. The molecule has 0 saturated heterocycles. The minimum absolute atomic E-state index is 0.114. The highest BCUT2D eigenvalue weighted by molar-refractivity contribution is 7.99. The third-order valence-electron chi connectivity index (χ3n) is 3.49. The molecule has 0 bridgehead atoms. The van der Waals surface area contributed by atoms with E-state index >= 15 is 0 Å². The minimum atomic E-state index is -4.08. The molecule has 1 N–H and O–H groups in total. The predicted molar refractivity (Wildman–Crippen MR) is 86.2 cm³/mol. The van der Waals surface area contributed by atoms with Gasteiger partial charge in [-0.15, -0.1) is 11.8 Å². The van der Waals surface area contributed by atoms with E-state index in [1.54, 1.807) is 6.07 Å². The van der Waals surface area contributed by atoms with E-state index in [1.165, 1.54) is 30.0 Å². The van der Waals surface area contributed by atoms with Crippen molar-refractivity contribution < 1.29 is 17.2 Å². The Morgan fingerprint density at radius 2 is 1.96 bits per heavy atom. The molecule has 0 amide bonds. The molecular formula is C15H12ClF2NO2S2. The molecule has 1 atom stereocenters. The zero-order valence-electron chi connectivity index (χ0n) is 11.7. The topological polar surface area (TPSA) is 46.2 Å². The Bertz CT molecular complexity index is 859. The van der Waals surface area contributed by atoms with Crippen molar-refractivity contribution in [3.05, 3.63) is 58.6 Å². The summed E-state index contributed by atoms with van der Waals surface area (Å²) in [6, 6.07) is 7.04. The fourth-order valence-corrected chi connectivity index (χ4v) is 5.01. The lowest BCUT2D eigenvalue weighted by Gasteiger charge is -2.25. The summed E-state index contributed by atoms with van der Waals surface area (Å²) in [5.41, 5.74) is 0.569. The molecule has 3 nitrogen and oxygen atoms in total. The van der Waals surface area contributed by atoms with Gasteiger partial charge in [0.2, 0.25) is 10.0 Å². The van der Waals surface area contributed by atoms with Gasteiger partial charge in [0.05, 0.1) is 0 Å². The third-order valence-corrected chi connectivity index (χ3v) is 6.35. The lowest BCUT2D eigenvalue weighted by atomic mass is 10.0. The smallest absolute Gasteiger partial charge is 0.207 e. The van der Waals surface area contributed by atoms with Gasteiger partial charge in [0.15, 0.2) is 0 Å². The Morgan fingerprint density at radius 1 is 1.17 bits per heavy atom. The Balaban J connectivity index is 1.95. The summed E-state index contributed by atoms with van der Waals surface area (Å²) in [5, 5.41) is 0.114. The normalized spacial score (nSPS) is 17.8. The molecule has 23 heavy (non-hydrogen) atoms. The summed E-state index contributed by atoms with van der Waals surface area (Å²) in [6.45, 7) is 0. The number of fused-ring (bicyclic) bond motifs is 1. The van der Waals surface area contributed by atoms with Crippen LogP contribution < -0.4 is 4.72 Å². The van der Waals surface area contributed by atoms with Crippen molar-refractivity contribution in [2.45, 2.75) is 22.3 Å². The number of hydrogen-bond donors (Lipinski definition) is 1. The standard InChI is InChI=1S/C15H12ClF2NO2S2/c16-9-1-4-15(12(18)7-9)23(20,21)19-13-5-6-22-14-3-2-10(17)8-11(13)14/h1-4,7-8,13,19H,5-6H2/t13-/m0/s1. The quantitative estimate of drug-likeness (QED) is 0.877. The fraction of sp³-hybridized carbons (Fsp3) is 0.200. The average Bonchev–Trinajstić information content (AvgIpc) is 2.47. The Labute approximate surface area is 142 Å². The van der Waals surface area contributed by atoms with Crippen molar-refractivity contribution in [2.75, 3.05) is 5.75 Å². The van der Waals surface area contributed by atoms with E-state index in [4.69, 9.17) is 11.6 Å². The first-order valence-electron chi connectivity index (χ1n) is 6.76. The van der Waals surface area contributed by atoms with Crippen LogP contribution in [0.5, 0.6) is 0 Å². The number of hydrogen-bond acceptors (Lipinski definition) is 3. The van der Waals surface area contributed by atoms with E-state index in [0.29, 0.717) is 17.7 Å². The van der Waals surface area contributed by atoms with E-state index < -0.39 is 32.6 Å². The first kappa shape index (κ1) is 16.7. The highest BCUT2D eigenvalue weighted by Gasteiger charge is 2.28. The molecule has 8 heteroatoms. The Hall–Kier alpha value is -1.15. The molecule has 0 saturated carbocycles. The van der Waals surface area contributed by atoms with Crippen LogP contribution >= 0.6 is 23.4 Å². The molecule has 0 unspecified atom stereocenters. The molecule has 2 aromatic carbocycles. The Kier molecular flexibility index (Phi) is 4.64. The first-order chi connectivity index (χ1) is 10.9. The van der Waals surface area contributed by atoms with Crippen molar-refractivity contribution in [1.82, 2.24) is 4.72 Å². The van der Waals surface area contributed by atoms with Gasteiger partial charge in [-0.1, -0.05) is 11.6 Å². The van der Waals surface area contributed by atoms with Crippen LogP contribution in [0.2, 0.25) is 5.02 Å². The SMILES string of the molecule is O=S(=O)(N[C@H]1CCSc2ccc(F)cc21)c1ccc(Cl)cc1F. The van der Waals surface area contributed by atoms with Crippen molar-refractivity contribution in [3.8, 4) is 0 Å². The van der Waals surface area contributed by atoms with Gasteiger partial charge in [0.1, 0.15) is 16.5 Å². The highest BCUT2D eigenvalue weighted by atomic mass is 35.5. The molecule has 122 valence electrons. The summed E-state index contributed by atoms with van der Waals surface area (Å²) in [7, 11) is -4.08. The maximum atomic E-state index is 13.9. The van der Waals surface area contributed by atoms with Gasteiger partial charge in [0.25, 0.3) is 0 Å². The van der Waals surface area contributed by atoms with Crippen LogP contribution in [-0.4, -0.2) is 14.2 Å². The predicted octanol–water partition coefficient (Wildman–Crippen LogP) is 4.13. The lowest BCUT2D eigenvalue weighted by Crippen LogP contribution is -2.31. The van der Waals surface area contributed by atoms with E-state index in [2.05, 4.69) is 4.72 Å². The maximum Gasteiger partial charge on any atom is 0.244 e. The summed E-state index contributed by atoms with van der Waals surface area (Å²) in [6.07, 6.45) is 0.496. The summed E-state index contributed by atoms with van der Waals surface area (Å²) in [4.78, 5) is 0.347. The molecule has 2 aromatic rings. The van der Waals surface area contributed by atoms with Crippen LogP contribution in [0.25, 0.3) is 0 Å². The summed E-state index contributed by atoms with van der Waals surface area (Å²) >= 11 is 7.18. The van der Waals surface area contributed by atoms with Gasteiger partial charge >= 0.3 is 0 Å². The second-order valence-corrected chi connectivity index (χ2v) is 8.32. The van der Waals surface area contributed by atoms with Crippen LogP contribution in [0.15, 0.2) is 46.2 Å². The van der Waals surface area contributed by atoms with Crippen LogP contribution in [0, 0.1) is 11.6 Å². The lowest BCUT2D eigenvalue weighted by molar-refractivity contribution is 0.529. The van der Waals surface area contributed by atoms with Crippen molar-refractivity contribution >= 4 is 33.4 Å². The van der Waals surface area contributed by atoms with Crippen molar-refractivity contribution in [3.63, 3.8) is 0 Å². The maximum absolute atomic E-state index is 13.9. The number of halogens is 3. The minimum Gasteiger partial charge on any atom is -0.207 e. The second-order valence-electron chi connectivity index (χ2n) is 5.07. The zero-order valence-corrected chi connectivity index (χ0v) is 14.1. The molecule has 3 rings (SSSR count). The molecule has 0 fully saturated rings. The van der Waals surface area contributed by atoms with E-state index in [9.17, 15) is 17.2 Å². The second kappa shape index (κ2) is 6.39. The molecule has 0 radical (unpaired) electrons. The van der Waals surface area contributed by atoms with Gasteiger partial charge < -0.3 is 0 Å². The van der Waals surface area contributed by atoms with Crippen molar-refractivity contribution in [2.24, 2.45) is 0 Å². The van der Waals surface area contributed by atoms with Gasteiger partial charge in [-0.25, -0.2) is 21.9 Å². The molecular weight excluding hydrogens is 364 g/mol. The summed E-state index contributed by atoms with van der Waals surface area (Å²) < 4.78 is 54.7. The van der Waals surface area contributed by atoms with Gasteiger partial charge in [-0.2, -0.15) is 0 Å². The van der Waals surface area contributed by atoms with Gasteiger partial charge in [-0.3, -0.25) is 0 Å². The monoisotopic (exact) mass is 375 g/mol. The molecule has 1 heterocycles. The van der Waals surface area contributed by atoms with Gasteiger partial charge in [0, 0.05) is 16.0 Å². The highest BCUT2D eigenvalue weighted by Crippen LogP contribution is 2.37. The molecule has 1 aliphatic rings. The van der Waals surface area contributed by atoms with Crippen LogP contribution in [0.4, 0.5) is 8.78 Å². The Morgan fingerprint density at radius 3 is 2.70 bits per heavy atom. The number of benzene rings is 2. The van der Waals surface area contributed by atoms with Crippen LogP contribution in [0.3, 0.4) is 0 Å². The van der Waals surface area contributed by atoms with Crippen LogP contribution in [-0.2, 0) is 10.0 Å². The van der Waals surface area contributed by atoms with Crippen LogP contribution in [0.1, 0.15) is 18.0 Å². The zero-order chi connectivity index (χ0) is 16.6. The fourth-order valence-electron chi connectivity index (χ4n) is 2.43. The average molecular weight is 376 g/mol. The number of nitrogens with one attached hydrogen (secondary N) is 1.